The van der Waals surface area contributed by atoms with Crippen LogP contribution in [0.3, 0.4) is 0 Å². The van der Waals surface area contributed by atoms with Crippen LogP contribution in [0.25, 0.3) is 27.8 Å². The summed E-state index contributed by atoms with van der Waals surface area (Å²) < 4.78 is 6.07. The number of aromatic nitrogens is 14. The van der Waals surface area contributed by atoms with Gasteiger partial charge in [-0.1, -0.05) is 41.5 Å². The second-order valence-corrected chi connectivity index (χ2v) is 13.4. The summed E-state index contributed by atoms with van der Waals surface area (Å²) in [7, 11) is 0. The maximum Gasteiger partial charge on any atom is 0.252 e. The van der Waals surface area contributed by atoms with E-state index in [1.807, 2.05) is 55.4 Å². The molecule has 7 aromatic rings. The van der Waals surface area contributed by atoms with Crippen LogP contribution in [-0.2, 0) is 10.8 Å². The summed E-state index contributed by atoms with van der Waals surface area (Å²) >= 11 is 0. The molecule has 0 radical (unpaired) electrons. The van der Waals surface area contributed by atoms with Crippen molar-refractivity contribution in [2.75, 3.05) is 0 Å². The Morgan fingerprint density at radius 3 is 1.76 bits per heavy atom. The molecular weight excluding hydrogens is 640 g/mol. The lowest BCUT2D eigenvalue weighted by Gasteiger charge is -2.15. The van der Waals surface area contributed by atoms with E-state index in [0.29, 0.717) is 45.7 Å². The molecule has 250 valence electrons. The zero-order valence-corrected chi connectivity index (χ0v) is 28.4. The molecule has 20 nitrogen and oxygen atoms in total. The molecular formula is C30H30N20. The van der Waals surface area contributed by atoms with Crippen molar-refractivity contribution in [2.45, 2.75) is 66.2 Å². The summed E-state index contributed by atoms with van der Waals surface area (Å²) in [5.41, 5.74) is 3.05. The van der Waals surface area contributed by atoms with Crippen molar-refractivity contribution in [1.29, 1.82) is 5.26 Å². The summed E-state index contributed by atoms with van der Waals surface area (Å²) in [5, 5.41) is 60.5. The summed E-state index contributed by atoms with van der Waals surface area (Å²) in [6.45, 7) is 23.5. The van der Waals surface area contributed by atoms with Crippen LogP contribution in [-0.4, -0.2) is 69.2 Å². The molecule has 0 saturated carbocycles. The number of aryl methyl sites for hydroxylation is 2. The molecule has 0 aliphatic rings. The Morgan fingerprint density at radius 1 is 0.760 bits per heavy atom. The monoisotopic (exact) mass is 670 g/mol. The number of rotatable bonds is 6. The standard InChI is InChI=1S/C30H30N20/c1-15-37-43-27-21(23(29(3,4)5)45-47(15)27)39-41-25-17(11-31)12-35-49(25)19-10-20(34-14-33-19)50-26(18(32-9)13-36-50)42-40-22-24(30(6,7)8)46-48-16(2)38-44-28(22)48/h10,12-14,43-44H,1-8H3. The molecule has 0 saturated heterocycles. The predicted molar refractivity (Wildman–Crippen MR) is 177 cm³/mol. The van der Waals surface area contributed by atoms with Gasteiger partial charge in [0.1, 0.15) is 29.6 Å². The van der Waals surface area contributed by atoms with Crippen LogP contribution < -0.4 is 0 Å². The first-order valence-corrected chi connectivity index (χ1v) is 15.3. The number of nitrogens with zero attached hydrogens (tertiary/aromatic N) is 18. The van der Waals surface area contributed by atoms with Crippen LogP contribution >= 0.6 is 0 Å². The first kappa shape index (κ1) is 31.6. The number of nitriles is 1. The molecule has 2 N–H and O–H groups in total. The van der Waals surface area contributed by atoms with Gasteiger partial charge in [0.05, 0.1) is 30.4 Å². The van der Waals surface area contributed by atoms with Crippen LogP contribution in [0.15, 0.2) is 45.2 Å². The van der Waals surface area contributed by atoms with Crippen LogP contribution in [0.2, 0.25) is 0 Å². The lowest BCUT2D eigenvalue weighted by atomic mass is 9.91. The molecule has 0 aromatic carbocycles. The van der Waals surface area contributed by atoms with E-state index in [0.717, 1.165) is 0 Å². The van der Waals surface area contributed by atoms with Gasteiger partial charge in [-0.2, -0.15) is 49.6 Å². The average molecular weight is 671 g/mol. The molecule has 7 aromatic heterocycles. The third-order valence-electron chi connectivity index (χ3n) is 7.67. The van der Waals surface area contributed by atoms with Gasteiger partial charge in [0.2, 0.25) is 0 Å². The molecule has 20 heteroatoms. The number of H-pyrrole nitrogens is 2. The van der Waals surface area contributed by atoms with Gasteiger partial charge in [0, 0.05) is 16.9 Å². The molecule has 0 spiro atoms. The highest BCUT2D eigenvalue weighted by Crippen LogP contribution is 2.38. The maximum absolute atomic E-state index is 9.92. The molecule has 7 heterocycles. The summed E-state index contributed by atoms with van der Waals surface area (Å²) in [5.74, 6) is 2.09. The molecule has 0 unspecified atom stereocenters. The Labute approximate surface area is 283 Å². The summed E-state index contributed by atoms with van der Waals surface area (Å²) in [4.78, 5) is 12.4. The Kier molecular flexibility index (Phi) is 7.17. The van der Waals surface area contributed by atoms with Crippen molar-refractivity contribution in [3.63, 3.8) is 0 Å². The first-order valence-electron chi connectivity index (χ1n) is 15.3. The van der Waals surface area contributed by atoms with Crippen LogP contribution in [0.1, 0.15) is 70.1 Å². The molecule has 0 bridgehead atoms. The second-order valence-electron chi connectivity index (χ2n) is 13.4. The highest BCUT2D eigenvalue weighted by Gasteiger charge is 2.28. The van der Waals surface area contributed by atoms with Crippen molar-refractivity contribution in [1.82, 2.24) is 69.2 Å². The van der Waals surface area contributed by atoms with Gasteiger partial charge in [-0.05, 0) is 13.8 Å². The highest BCUT2D eigenvalue weighted by atomic mass is 15.4. The Morgan fingerprint density at radius 2 is 1.26 bits per heavy atom. The molecule has 0 amide bonds. The van der Waals surface area contributed by atoms with Crippen molar-refractivity contribution in [3.8, 4) is 17.7 Å². The fraction of sp³-hybridized carbons (Fsp3) is 0.333. The highest BCUT2D eigenvalue weighted by molar-refractivity contribution is 5.70. The lowest BCUT2D eigenvalue weighted by molar-refractivity contribution is 0.561. The molecule has 50 heavy (non-hydrogen) atoms. The number of hydrogen-bond donors (Lipinski definition) is 2. The van der Waals surface area contributed by atoms with Crippen molar-refractivity contribution in [2.24, 2.45) is 20.5 Å². The summed E-state index contributed by atoms with van der Waals surface area (Å²) in [6, 6.07) is 3.68. The van der Waals surface area contributed by atoms with Gasteiger partial charge in [-0.15, -0.1) is 20.5 Å². The normalized spacial score (nSPS) is 12.6. The minimum absolute atomic E-state index is 0.129. The topological polar surface area (TPSA) is 231 Å². The van der Waals surface area contributed by atoms with E-state index in [4.69, 9.17) is 16.8 Å². The fourth-order valence-electron chi connectivity index (χ4n) is 5.17. The molecule has 7 rings (SSSR count). The van der Waals surface area contributed by atoms with Crippen molar-refractivity contribution < 1.29 is 0 Å². The van der Waals surface area contributed by atoms with E-state index in [-0.39, 0.29) is 45.4 Å². The quantitative estimate of drug-likeness (QED) is 0.154. The molecule has 0 fully saturated rings. The zero-order chi connectivity index (χ0) is 35.5. The van der Waals surface area contributed by atoms with Crippen LogP contribution in [0, 0.1) is 31.8 Å². The predicted octanol–water partition coefficient (Wildman–Crippen LogP) is 6.05. The van der Waals surface area contributed by atoms with E-state index in [1.54, 1.807) is 15.1 Å². The average Bonchev–Trinajstić information content (AvgIpc) is 3.91. The Balaban J connectivity index is 1.30. The molecule has 0 aliphatic carbocycles. The number of aromatic amines is 2. The van der Waals surface area contributed by atoms with Gasteiger partial charge in [-0.25, -0.2) is 19.5 Å². The van der Waals surface area contributed by atoms with E-state index in [9.17, 15) is 5.26 Å². The molecule has 0 atom stereocenters. The lowest BCUT2D eigenvalue weighted by Crippen LogP contribution is -2.12. The third-order valence-corrected chi connectivity index (χ3v) is 7.67. The van der Waals surface area contributed by atoms with Gasteiger partial charge < -0.3 is 0 Å². The maximum atomic E-state index is 9.92. The number of hydrogen-bond acceptors (Lipinski definition) is 13. The number of fused-ring (bicyclic) bond motifs is 2. The largest absolute Gasteiger partial charge is 0.258 e. The third kappa shape index (κ3) is 5.15. The summed E-state index contributed by atoms with van der Waals surface area (Å²) in [6.07, 6.45) is 4.05. The fourth-order valence-corrected chi connectivity index (χ4v) is 5.17. The zero-order valence-electron chi connectivity index (χ0n) is 28.4. The SMILES string of the molecule is [C-]#[N+]c1cnn(-c2cc(-n3ncc(C#N)c3N=Nc3c(C(C)(C)C)nn4c(C)n[nH]c34)ncn2)c1N=Nc1c(C(C)(C)C)nn2c(C)n[nH]c12. The Bertz CT molecular complexity index is 2390. The van der Waals surface area contributed by atoms with Crippen LogP contribution in [0.5, 0.6) is 0 Å². The second kappa shape index (κ2) is 11.3. The van der Waals surface area contributed by atoms with Crippen molar-refractivity contribution >= 4 is 40.0 Å². The van der Waals surface area contributed by atoms with E-state index in [1.165, 1.54) is 28.1 Å². The van der Waals surface area contributed by atoms with Gasteiger partial charge in [0.25, 0.3) is 5.69 Å². The molecule has 0 aliphatic heterocycles. The number of azo groups is 2. The van der Waals surface area contributed by atoms with Crippen LogP contribution in [0.4, 0.5) is 28.7 Å². The van der Waals surface area contributed by atoms with Gasteiger partial charge in [0.15, 0.2) is 45.9 Å². The first-order chi connectivity index (χ1) is 23.8. The van der Waals surface area contributed by atoms with Gasteiger partial charge in [-0.3, -0.25) is 10.2 Å². The van der Waals surface area contributed by atoms with E-state index in [2.05, 4.69) is 71.9 Å². The smallest absolute Gasteiger partial charge is 0.252 e. The minimum Gasteiger partial charge on any atom is -0.258 e. The minimum atomic E-state index is -0.369. The van der Waals surface area contributed by atoms with Crippen molar-refractivity contribution in [3.05, 3.63) is 64.8 Å². The Hall–Kier alpha value is -6.96. The van der Waals surface area contributed by atoms with E-state index < -0.39 is 0 Å². The number of nitrogens with one attached hydrogen (secondary N) is 2. The van der Waals surface area contributed by atoms with E-state index >= 15 is 0 Å². The van der Waals surface area contributed by atoms with Gasteiger partial charge >= 0.3 is 0 Å².